The van der Waals surface area contributed by atoms with Crippen molar-refractivity contribution in [3.8, 4) is 0 Å². The van der Waals surface area contributed by atoms with Crippen LogP contribution in [0, 0.1) is 5.92 Å². The van der Waals surface area contributed by atoms with Crippen molar-refractivity contribution in [3.05, 3.63) is 23.5 Å². The summed E-state index contributed by atoms with van der Waals surface area (Å²) in [4.78, 5) is 53.8. The Balaban J connectivity index is 1.92. The van der Waals surface area contributed by atoms with Gasteiger partial charge in [0.05, 0.1) is 5.69 Å². The third kappa shape index (κ3) is 5.66. The molecule has 10 heteroatoms. The molecule has 1 aliphatic heterocycles. The molecule has 0 spiro atoms. The Morgan fingerprint density at radius 1 is 1.34 bits per heavy atom. The number of ether oxygens (including phenoxy) is 1. The molecule has 0 bridgehead atoms. The molecule has 158 valence electrons. The minimum Gasteiger partial charge on any atom is -0.451 e. The smallest absolute Gasteiger partial charge is 0.327 e. The highest BCUT2D eigenvalue weighted by atomic mass is 35.5. The lowest BCUT2D eigenvalue weighted by molar-refractivity contribution is -0.155. The molecule has 0 radical (unpaired) electrons. The van der Waals surface area contributed by atoms with E-state index in [1.54, 1.807) is 19.1 Å². The lowest BCUT2D eigenvalue weighted by Crippen LogP contribution is -2.44. The minimum atomic E-state index is -1.16. The quantitative estimate of drug-likeness (QED) is 0.375. The van der Waals surface area contributed by atoms with Gasteiger partial charge in [-0.05, 0) is 44.7 Å². The topological polar surface area (TPSA) is 118 Å². The van der Waals surface area contributed by atoms with Crippen molar-refractivity contribution in [1.29, 1.82) is 0 Å². The average molecular weight is 425 g/mol. The Morgan fingerprint density at radius 3 is 2.66 bits per heavy atom. The normalized spacial score (nSPS) is 19.9. The maximum absolute atomic E-state index is 12.6. The van der Waals surface area contributed by atoms with E-state index in [2.05, 4.69) is 15.6 Å². The highest BCUT2D eigenvalue weighted by Gasteiger charge is 2.48. The van der Waals surface area contributed by atoms with Gasteiger partial charge >= 0.3 is 12.0 Å². The number of anilines is 1. The number of nitrogens with one attached hydrogen (secondary N) is 2. The molecule has 0 unspecified atom stereocenters. The van der Waals surface area contributed by atoms with E-state index in [4.69, 9.17) is 16.3 Å². The molecule has 9 nitrogen and oxygen atoms in total. The first-order chi connectivity index (χ1) is 13.5. The fraction of sp³-hybridized carbons (Fsp3) is 0.526. The van der Waals surface area contributed by atoms with Crippen molar-refractivity contribution in [1.82, 2.24) is 15.2 Å². The number of hydrogen-bond acceptors (Lipinski definition) is 6. The molecule has 2 atom stereocenters. The third-order valence-corrected chi connectivity index (χ3v) is 4.85. The molecule has 2 rings (SSSR count). The van der Waals surface area contributed by atoms with E-state index in [1.165, 1.54) is 13.1 Å². The number of esters is 1. The number of hydrogen-bond donors (Lipinski definition) is 2. The zero-order chi connectivity index (χ0) is 21.8. The second-order valence-electron chi connectivity index (χ2n) is 7.55. The van der Waals surface area contributed by atoms with Crippen LogP contribution in [0.15, 0.2) is 18.3 Å². The van der Waals surface area contributed by atoms with Crippen LogP contribution in [0.4, 0.5) is 10.5 Å². The van der Waals surface area contributed by atoms with Crippen LogP contribution in [0.3, 0.4) is 0 Å². The van der Waals surface area contributed by atoms with E-state index in [0.29, 0.717) is 12.3 Å². The Hall–Kier alpha value is -2.68. The Kier molecular flexibility index (Phi) is 7.18. The molecule has 0 aromatic carbocycles. The van der Waals surface area contributed by atoms with Gasteiger partial charge in [-0.2, -0.15) is 0 Å². The largest absolute Gasteiger partial charge is 0.451 e. The van der Waals surface area contributed by atoms with Crippen molar-refractivity contribution >= 4 is 41.1 Å². The van der Waals surface area contributed by atoms with Gasteiger partial charge in [0.2, 0.25) is 0 Å². The molecular weight excluding hydrogens is 400 g/mol. The number of aromatic nitrogens is 1. The maximum atomic E-state index is 12.6. The van der Waals surface area contributed by atoms with E-state index in [0.717, 1.165) is 11.3 Å². The van der Waals surface area contributed by atoms with Crippen LogP contribution >= 0.6 is 11.6 Å². The highest BCUT2D eigenvalue weighted by Crippen LogP contribution is 2.24. The predicted octanol–water partition coefficient (Wildman–Crippen LogP) is 2.35. The fourth-order valence-electron chi connectivity index (χ4n) is 2.77. The van der Waals surface area contributed by atoms with Crippen molar-refractivity contribution in [2.45, 2.75) is 52.2 Å². The molecule has 1 aliphatic rings. The monoisotopic (exact) mass is 424 g/mol. The summed E-state index contributed by atoms with van der Waals surface area (Å²) in [6.45, 7) is 6.47. The molecule has 1 fully saturated rings. The average Bonchev–Trinajstić information content (AvgIpc) is 2.85. The first-order valence-electron chi connectivity index (χ1n) is 9.28. The Morgan fingerprint density at radius 2 is 2.03 bits per heavy atom. The summed E-state index contributed by atoms with van der Waals surface area (Å²) < 4.78 is 5.06. The van der Waals surface area contributed by atoms with Crippen LogP contribution in [0.5, 0.6) is 0 Å². The standard InChI is InChI=1S/C19H25ClN4O5/c1-11(2)7-8-19(4)17(27)24(18(28)23-19)10-14(25)29-12(3)16(26)22-13-6-5-9-21-15(13)20/h5-6,9,11-12H,7-8,10H2,1-4H3,(H,22,26)(H,23,28)/t12-,19-/m0/s1. The molecule has 4 amide bonds. The van der Waals surface area contributed by atoms with Gasteiger partial charge in [0.25, 0.3) is 11.8 Å². The molecule has 2 N–H and O–H groups in total. The number of rotatable bonds is 8. The van der Waals surface area contributed by atoms with Gasteiger partial charge in [-0.25, -0.2) is 9.78 Å². The lowest BCUT2D eigenvalue weighted by Gasteiger charge is -2.22. The second kappa shape index (κ2) is 9.21. The fourth-order valence-corrected chi connectivity index (χ4v) is 2.93. The van der Waals surface area contributed by atoms with E-state index in [1.807, 2.05) is 13.8 Å². The number of carbonyl (C=O) groups excluding carboxylic acids is 4. The molecule has 1 aromatic heterocycles. The molecule has 1 saturated heterocycles. The van der Waals surface area contributed by atoms with Gasteiger partial charge in [-0.1, -0.05) is 25.4 Å². The van der Waals surface area contributed by atoms with Gasteiger partial charge in [0.15, 0.2) is 11.3 Å². The van der Waals surface area contributed by atoms with E-state index in [9.17, 15) is 19.2 Å². The zero-order valence-corrected chi connectivity index (χ0v) is 17.6. The number of pyridine rings is 1. The summed E-state index contributed by atoms with van der Waals surface area (Å²) in [6, 6.07) is 2.48. The SMILES string of the molecule is CC(C)CC[C@]1(C)NC(=O)N(CC(=O)O[C@@H](C)C(=O)Nc2cccnc2Cl)C1=O. The summed E-state index contributed by atoms with van der Waals surface area (Å²) in [5.74, 6) is -1.61. The van der Waals surface area contributed by atoms with Crippen LogP contribution < -0.4 is 10.6 Å². The highest BCUT2D eigenvalue weighted by molar-refractivity contribution is 6.32. The summed E-state index contributed by atoms with van der Waals surface area (Å²) in [5, 5.41) is 5.23. The second-order valence-corrected chi connectivity index (χ2v) is 7.91. The van der Waals surface area contributed by atoms with Gasteiger partial charge in [-0.3, -0.25) is 19.3 Å². The van der Waals surface area contributed by atoms with E-state index in [-0.39, 0.29) is 10.8 Å². The van der Waals surface area contributed by atoms with E-state index >= 15 is 0 Å². The minimum absolute atomic E-state index is 0.0967. The number of imide groups is 1. The summed E-state index contributed by atoms with van der Waals surface area (Å²) in [5.41, 5.74) is -0.779. The van der Waals surface area contributed by atoms with Crippen LogP contribution in [0.25, 0.3) is 0 Å². The number of carbonyl (C=O) groups is 4. The van der Waals surface area contributed by atoms with Crippen LogP contribution in [-0.4, -0.2) is 51.9 Å². The van der Waals surface area contributed by atoms with Crippen molar-refractivity contribution in [2.75, 3.05) is 11.9 Å². The summed E-state index contributed by atoms with van der Waals surface area (Å²) >= 11 is 5.87. The van der Waals surface area contributed by atoms with Crippen LogP contribution in [0.2, 0.25) is 5.15 Å². The molecular formula is C19H25ClN4O5. The lowest BCUT2D eigenvalue weighted by atomic mass is 9.92. The number of halogens is 1. The first-order valence-corrected chi connectivity index (χ1v) is 9.66. The molecule has 0 aliphatic carbocycles. The Bertz CT molecular complexity index is 816. The van der Waals surface area contributed by atoms with Crippen LogP contribution in [0.1, 0.15) is 40.5 Å². The number of amides is 4. The van der Waals surface area contributed by atoms with Crippen molar-refractivity contribution in [2.24, 2.45) is 5.92 Å². The maximum Gasteiger partial charge on any atom is 0.327 e. The third-order valence-electron chi connectivity index (χ3n) is 4.55. The van der Waals surface area contributed by atoms with Gasteiger partial charge in [0.1, 0.15) is 12.1 Å². The molecule has 29 heavy (non-hydrogen) atoms. The zero-order valence-electron chi connectivity index (χ0n) is 16.8. The number of urea groups is 1. The Labute approximate surface area is 174 Å². The van der Waals surface area contributed by atoms with Gasteiger partial charge in [0, 0.05) is 6.20 Å². The van der Waals surface area contributed by atoms with Crippen LogP contribution in [-0.2, 0) is 19.1 Å². The molecule has 2 heterocycles. The molecule has 0 saturated carbocycles. The number of nitrogens with zero attached hydrogens (tertiary/aromatic N) is 2. The first kappa shape index (κ1) is 22.6. The van der Waals surface area contributed by atoms with E-state index < -0.39 is 42.0 Å². The van der Waals surface area contributed by atoms with Crippen molar-refractivity contribution < 1.29 is 23.9 Å². The summed E-state index contributed by atoms with van der Waals surface area (Å²) in [7, 11) is 0. The van der Waals surface area contributed by atoms with Gasteiger partial charge in [-0.15, -0.1) is 0 Å². The molecule has 1 aromatic rings. The van der Waals surface area contributed by atoms with Gasteiger partial charge < -0.3 is 15.4 Å². The predicted molar refractivity (Wildman–Crippen MR) is 106 cm³/mol. The van der Waals surface area contributed by atoms with Crippen molar-refractivity contribution in [3.63, 3.8) is 0 Å². The summed E-state index contributed by atoms with van der Waals surface area (Å²) in [6.07, 6.45) is 1.52.